The van der Waals surface area contributed by atoms with E-state index in [2.05, 4.69) is 5.32 Å². The summed E-state index contributed by atoms with van der Waals surface area (Å²) in [5.41, 5.74) is 3.97. The van der Waals surface area contributed by atoms with Gasteiger partial charge in [0, 0.05) is 24.0 Å². The summed E-state index contributed by atoms with van der Waals surface area (Å²) in [5, 5.41) is 3.92. The van der Waals surface area contributed by atoms with Gasteiger partial charge in [-0.3, -0.25) is 9.59 Å². The normalized spacial score (nSPS) is 14.5. The van der Waals surface area contributed by atoms with Gasteiger partial charge in [-0.15, -0.1) is 0 Å². The molecular weight excluding hydrogens is 496 g/mol. The average molecular weight is 533 g/mol. The van der Waals surface area contributed by atoms with Gasteiger partial charge in [0.2, 0.25) is 5.91 Å². The fourth-order valence-corrected chi connectivity index (χ4v) is 5.12. The molecule has 0 spiro atoms. The Kier molecular flexibility index (Phi) is 9.83. The lowest BCUT2D eigenvalue weighted by Crippen LogP contribution is -2.53. The molecule has 0 saturated heterocycles. The maximum atomic E-state index is 13.8. The molecule has 3 aromatic rings. The zero-order valence-corrected chi connectivity index (χ0v) is 23.0. The smallest absolute Gasteiger partial charge is 0.261 e. The summed E-state index contributed by atoms with van der Waals surface area (Å²) in [6.45, 7) is 4.07. The second-order valence-electron chi connectivity index (χ2n) is 10.2. The molecule has 0 bridgehead atoms. The Morgan fingerprint density at radius 3 is 2.37 bits per heavy atom. The average Bonchev–Trinajstić information content (AvgIpc) is 2.93. The van der Waals surface area contributed by atoms with Gasteiger partial charge in [0.05, 0.1) is 0 Å². The molecule has 1 unspecified atom stereocenters. The Balaban J connectivity index is 1.62. The van der Waals surface area contributed by atoms with Crippen LogP contribution in [-0.4, -0.2) is 35.4 Å². The van der Waals surface area contributed by atoms with Crippen LogP contribution in [0.25, 0.3) is 0 Å². The number of ether oxygens (including phenoxy) is 1. The van der Waals surface area contributed by atoms with Gasteiger partial charge in [-0.2, -0.15) is 0 Å². The summed E-state index contributed by atoms with van der Waals surface area (Å²) in [4.78, 5) is 29.3. The highest BCUT2D eigenvalue weighted by Gasteiger charge is 2.32. The first-order chi connectivity index (χ1) is 18.4. The summed E-state index contributed by atoms with van der Waals surface area (Å²) in [6, 6.07) is 22.7. The number of hydrogen-bond donors (Lipinski definition) is 1. The van der Waals surface area contributed by atoms with Crippen molar-refractivity contribution < 1.29 is 14.3 Å². The monoisotopic (exact) mass is 532 g/mol. The molecule has 5 nitrogen and oxygen atoms in total. The number of benzene rings is 3. The number of nitrogens with one attached hydrogen (secondary N) is 1. The Morgan fingerprint density at radius 2 is 1.66 bits per heavy atom. The highest BCUT2D eigenvalue weighted by molar-refractivity contribution is 6.31. The molecule has 4 rings (SSSR count). The first-order valence-corrected chi connectivity index (χ1v) is 13.9. The van der Waals surface area contributed by atoms with Crippen molar-refractivity contribution >= 4 is 23.4 Å². The summed E-state index contributed by atoms with van der Waals surface area (Å²) in [6.07, 6.45) is 5.84. The number of amides is 2. The van der Waals surface area contributed by atoms with Crippen molar-refractivity contribution in [3.05, 3.63) is 100 Å². The van der Waals surface area contributed by atoms with Crippen molar-refractivity contribution in [3.8, 4) is 5.75 Å². The molecule has 1 saturated carbocycles. The quantitative estimate of drug-likeness (QED) is 0.327. The molecule has 0 radical (unpaired) electrons. The van der Waals surface area contributed by atoms with Crippen LogP contribution in [0.3, 0.4) is 0 Å². The SMILES string of the molecule is Cc1cc(OCC(=O)N(Cc2ccccc2C)C(Cc2ccccc2)C(=O)NC2CCCCC2)ccc1Cl. The highest BCUT2D eigenvalue weighted by atomic mass is 35.5. The van der Waals surface area contributed by atoms with Crippen LogP contribution in [0.1, 0.15) is 54.4 Å². The van der Waals surface area contributed by atoms with E-state index in [0.717, 1.165) is 47.9 Å². The molecule has 0 heterocycles. The zero-order chi connectivity index (χ0) is 26.9. The number of aryl methyl sites for hydroxylation is 2. The second kappa shape index (κ2) is 13.5. The highest BCUT2D eigenvalue weighted by Crippen LogP contribution is 2.23. The largest absolute Gasteiger partial charge is 0.484 e. The predicted octanol–water partition coefficient (Wildman–Crippen LogP) is 6.42. The van der Waals surface area contributed by atoms with Crippen molar-refractivity contribution in [2.24, 2.45) is 0 Å². The van der Waals surface area contributed by atoms with Gasteiger partial charge in [0.25, 0.3) is 5.91 Å². The van der Waals surface area contributed by atoms with Crippen molar-refractivity contribution in [1.82, 2.24) is 10.2 Å². The first-order valence-electron chi connectivity index (χ1n) is 13.5. The van der Waals surface area contributed by atoms with Crippen LogP contribution in [0.15, 0.2) is 72.8 Å². The van der Waals surface area contributed by atoms with Crippen molar-refractivity contribution in [3.63, 3.8) is 0 Å². The number of carbonyl (C=O) groups is 2. The molecule has 3 aromatic carbocycles. The lowest BCUT2D eigenvalue weighted by Gasteiger charge is -2.33. The number of nitrogens with zero attached hydrogens (tertiary/aromatic N) is 1. The Morgan fingerprint density at radius 1 is 0.947 bits per heavy atom. The number of rotatable bonds is 10. The predicted molar refractivity (Wildman–Crippen MR) is 152 cm³/mol. The molecular formula is C32H37ClN2O3. The van der Waals surface area contributed by atoms with E-state index in [9.17, 15) is 9.59 Å². The van der Waals surface area contributed by atoms with Gasteiger partial charge in [0.1, 0.15) is 11.8 Å². The molecule has 1 aliphatic carbocycles. The van der Waals surface area contributed by atoms with Crippen LogP contribution in [0.2, 0.25) is 5.02 Å². The fraction of sp³-hybridized carbons (Fsp3) is 0.375. The van der Waals surface area contributed by atoms with Crippen LogP contribution < -0.4 is 10.1 Å². The number of carbonyl (C=O) groups excluding carboxylic acids is 2. The summed E-state index contributed by atoms with van der Waals surface area (Å²) in [5.74, 6) is 0.230. The van der Waals surface area contributed by atoms with Gasteiger partial charge in [0.15, 0.2) is 6.61 Å². The van der Waals surface area contributed by atoms with Crippen LogP contribution in [0.4, 0.5) is 0 Å². The van der Waals surface area contributed by atoms with Gasteiger partial charge in [-0.25, -0.2) is 0 Å². The molecule has 1 N–H and O–H groups in total. The Hall–Kier alpha value is -3.31. The van der Waals surface area contributed by atoms with Crippen molar-refractivity contribution in [2.75, 3.05) is 6.61 Å². The lowest BCUT2D eigenvalue weighted by molar-refractivity contribution is -0.143. The van der Waals surface area contributed by atoms with E-state index < -0.39 is 6.04 Å². The molecule has 38 heavy (non-hydrogen) atoms. The van der Waals surface area contributed by atoms with E-state index in [1.54, 1.807) is 17.0 Å². The van der Waals surface area contributed by atoms with Gasteiger partial charge >= 0.3 is 0 Å². The van der Waals surface area contributed by atoms with E-state index in [4.69, 9.17) is 16.3 Å². The third kappa shape index (κ3) is 7.61. The summed E-state index contributed by atoms with van der Waals surface area (Å²) < 4.78 is 5.90. The van der Waals surface area contributed by atoms with E-state index in [-0.39, 0.29) is 24.5 Å². The summed E-state index contributed by atoms with van der Waals surface area (Å²) in [7, 11) is 0. The van der Waals surface area contributed by atoms with Crippen LogP contribution in [0, 0.1) is 13.8 Å². The van der Waals surface area contributed by atoms with E-state index in [0.29, 0.717) is 23.7 Å². The van der Waals surface area contributed by atoms with Crippen molar-refractivity contribution in [2.45, 2.75) is 71.0 Å². The molecule has 2 amide bonds. The van der Waals surface area contributed by atoms with Crippen molar-refractivity contribution in [1.29, 1.82) is 0 Å². The zero-order valence-electron chi connectivity index (χ0n) is 22.3. The number of halogens is 1. The third-order valence-electron chi connectivity index (χ3n) is 7.32. The van der Waals surface area contributed by atoms with E-state index in [1.165, 1.54) is 6.42 Å². The lowest BCUT2D eigenvalue weighted by atomic mass is 9.94. The van der Waals surface area contributed by atoms with Crippen LogP contribution >= 0.6 is 11.6 Å². The second-order valence-corrected chi connectivity index (χ2v) is 10.6. The van der Waals surface area contributed by atoms with E-state index >= 15 is 0 Å². The molecule has 200 valence electrons. The van der Waals surface area contributed by atoms with Crippen LogP contribution in [-0.2, 0) is 22.6 Å². The minimum atomic E-state index is -0.665. The fourth-order valence-electron chi connectivity index (χ4n) is 5.00. The molecule has 1 fully saturated rings. The number of hydrogen-bond acceptors (Lipinski definition) is 3. The third-order valence-corrected chi connectivity index (χ3v) is 7.74. The molecule has 0 aliphatic heterocycles. The first kappa shape index (κ1) is 27.7. The molecule has 1 atom stereocenters. The molecule has 6 heteroatoms. The van der Waals surface area contributed by atoms with Gasteiger partial charge in [-0.05, 0) is 67.1 Å². The van der Waals surface area contributed by atoms with Gasteiger partial charge < -0.3 is 15.0 Å². The van der Waals surface area contributed by atoms with Gasteiger partial charge in [-0.1, -0.05) is 85.5 Å². The summed E-state index contributed by atoms with van der Waals surface area (Å²) >= 11 is 6.16. The van der Waals surface area contributed by atoms with Crippen LogP contribution in [0.5, 0.6) is 5.75 Å². The molecule has 0 aromatic heterocycles. The minimum absolute atomic E-state index is 0.106. The Bertz CT molecular complexity index is 1220. The maximum Gasteiger partial charge on any atom is 0.261 e. The topological polar surface area (TPSA) is 58.6 Å². The van der Waals surface area contributed by atoms with E-state index in [1.807, 2.05) is 74.5 Å². The maximum absolute atomic E-state index is 13.8. The minimum Gasteiger partial charge on any atom is -0.484 e. The standard InChI is InChI=1S/C32H37ClN2O3/c1-23-11-9-10-14-26(23)21-35(31(36)22-38-28-17-18-29(33)24(2)19-28)30(20-25-12-5-3-6-13-25)32(37)34-27-15-7-4-8-16-27/h3,5-6,9-14,17-19,27,30H,4,7-8,15-16,20-22H2,1-2H3,(H,34,37). The Labute approximate surface area is 231 Å². The molecule has 1 aliphatic rings.